The van der Waals surface area contributed by atoms with Gasteiger partial charge < -0.3 is 5.32 Å². The molecule has 23 heavy (non-hydrogen) atoms. The highest BCUT2D eigenvalue weighted by atomic mass is 15.1. The molecule has 1 N–H and O–H groups in total. The Kier molecular flexibility index (Phi) is 3.50. The van der Waals surface area contributed by atoms with Gasteiger partial charge in [-0.2, -0.15) is 0 Å². The summed E-state index contributed by atoms with van der Waals surface area (Å²) in [5.74, 6) is 2.22. The first-order chi connectivity index (χ1) is 11.3. The predicted molar refractivity (Wildman–Crippen MR) is 91.2 cm³/mol. The molecule has 0 radical (unpaired) electrons. The van der Waals surface area contributed by atoms with Gasteiger partial charge in [0.2, 0.25) is 0 Å². The SMILES string of the molecule is Cc1cc(N[C@H]2C[C@@H]2c2ccccc2)nc(-c2ccncc2)n1. The second-order valence-corrected chi connectivity index (χ2v) is 5.96. The number of hydrogen-bond donors (Lipinski definition) is 1. The number of benzene rings is 1. The summed E-state index contributed by atoms with van der Waals surface area (Å²) < 4.78 is 0. The number of hydrogen-bond acceptors (Lipinski definition) is 4. The van der Waals surface area contributed by atoms with E-state index in [0.717, 1.165) is 29.3 Å². The summed E-state index contributed by atoms with van der Waals surface area (Å²) in [7, 11) is 0. The van der Waals surface area contributed by atoms with Crippen LogP contribution in [0.4, 0.5) is 5.82 Å². The van der Waals surface area contributed by atoms with Crippen LogP contribution in [0.5, 0.6) is 0 Å². The topological polar surface area (TPSA) is 50.7 Å². The molecule has 0 amide bonds. The molecule has 4 rings (SSSR count). The number of anilines is 1. The molecule has 0 unspecified atom stereocenters. The van der Waals surface area contributed by atoms with Crippen LogP contribution < -0.4 is 5.32 Å². The maximum Gasteiger partial charge on any atom is 0.161 e. The third-order valence-electron chi connectivity index (χ3n) is 4.14. The van der Waals surface area contributed by atoms with E-state index in [-0.39, 0.29) is 0 Å². The van der Waals surface area contributed by atoms with Gasteiger partial charge in [-0.25, -0.2) is 9.97 Å². The van der Waals surface area contributed by atoms with Gasteiger partial charge in [0, 0.05) is 41.7 Å². The minimum atomic E-state index is 0.456. The summed E-state index contributed by atoms with van der Waals surface area (Å²) >= 11 is 0. The van der Waals surface area contributed by atoms with Crippen LogP contribution in [0.25, 0.3) is 11.4 Å². The molecule has 0 spiro atoms. The van der Waals surface area contributed by atoms with E-state index < -0.39 is 0 Å². The van der Waals surface area contributed by atoms with Crippen molar-refractivity contribution in [3.8, 4) is 11.4 Å². The predicted octanol–water partition coefficient (Wildman–Crippen LogP) is 3.82. The highest BCUT2D eigenvalue weighted by Gasteiger charge is 2.38. The molecule has 2 aromatic heterocycles. The maximum absolute atomic E-state index is 4.66. The van der Waals surface area contributed by atoms with Crippen LogP contribution in [0.1, 0.15) is 23.6 Å². The molecule has 3 aromatic rings. The van der Waals surface area contributed by atoms with Crippen molar-refractivity contribution in [3.63, 3.8) is 0 Å². The summed E-state index contributed by atoms with van der Waals surface area (Å²) in [6.07, 6.45) is 4.68. The average molecular weight is 302 g/mol. The summed E-state index contributed by atoms with van der Waals surface area (Å²) in [6.45, 7) is 2.00. The van der Waals surface area contributed by atoms with Gasteiger partial charge in [-0.3, -0.25) is 4.98 Å². The van der Waals surface area contributed by atoms with Crippen LogP contribution in [0.2, 0.25) is 0 Å². The average Bonchev–Trinajstić information content (AvgIpc) is 3.35. The minimum absolute atomic E-state index is 0.456. The van der Waals surface area contributed by atoms with Gasteiger partial charge in [0.25, 0.3) is 0 Å². The molecule has 1 saturated carbocycles. The second kappa shape index (κ2) is 5.80. The Morgan fingerprint density at radius 2 is 1.78 bits per heavy atom. The highest BCUT2D eigenvalue weighted by molar-refractivity contribution is 5.57. The van der Waals surface area contributed by atoms with Crippen LogP contribution >= 0.6 is 0 Å². The minimum Gasteiger partial charge on any atom is -0.367 e. The number of pyridine rings is 1. The van der Waals surface area contributed by atoms with E-state index in [1.807, 2.05) is 25.1 Å². The van der Waals surface area contributed by atoms with Gasteiger partial charge in [-0.15, -0.1) is 0 Å². The molecule has 1 aromatic carbocycles. The first kappa shape index (κ1) is 13.9. The summed E-state index contributed by atoms with van der Waals surface area (Å²) in [6, 6.07) is 17.0. The lowest BCUT2D eigenvalue weighted by Crippen LogP contribution is -2.07. The van der Waals surface area contributed by atoms with Crippen molar-refractivity contribution in [1.82, 2.24) is 15.0 Å². The number of nitrogens with zero attached hydrogens (tertiary/aromatic N) is 3. The Hall–Kier alpha value is -2.75. The number of aryl methyl sites for hydroxylation is 1. The molecule has 114 valence electrons. The molecule has 4 heteroatoms. The first-order valence-electron chi connectivity index (χ1n) is 7.87. The molecular formula is C19H18N4. The number of aromatic nitrogens is 3. The van der Waals surface area contributed by atoms with Crippen molar-refractivity contribution >= 4 is 5.82 Å². The van der Waals surface area contributed by atoms with Gasteiger partial charge >= 0.3 is 0 Å². The van der Waals surface area contributed by atoms with Gasteiger partial charge in [-0.1, -0.05) is 30.3 Å². The van der Waals surface area contributed by atoms with Gasteiger partial charge in [0.05, 0.1) is 0 Å². The standard InChI is InChI=1S/C19H18N4/c1-13-11-18(23-19(21-13)15-7-9-20-10-8-15)22-17-12-16(17)14-5-3-2-4-6-14/h2-11,16-17H,12H2,1H3,(H,21,22,23)/t16-,17+/m1/s1. The van der Waals surface area contributed by atoms with Crippen molar-refractivity contribution in [2.45, 2.75) is 25.3 Å². The number of nitrogens with one attached hydrogen (secondary N) is 1. The van der Waals surface area contributed by atoms with Crippen LogP contribution in [-0.4, -0.2) is 21.0 Å². The summed E-state index contributed by atoms with van der Waals surface area (Å²) in [5.41, 5.74) is 3.35. The molecular weight excluding hydrogens is 284 g/mol. The lowest BCUT2D eigenvalue weighted by molar-refractivity contribution is 1.01. The fraction of sp³-hybridized carbons (Fsp3) is 0.211. The third kappa shape index (κ3) is 3.06. The van der Waals surface area contributed by atoms with Crippen LogP contribution in [0, 0.1) is 6.92 Å². The molecule has 1 aliphatic rings. The smallest absolute Gasteiger partial charge is 0.161 e. The second-order valence-electron chi connectivity index (χ2n) is 5.96. The normalized spacial score (nSPS) is 19.3. The highest BCUT2D eigenvalue weighted by Crippen LogP contribution is 2.42. The summed E-state index contributed by atoms with van der Waals surface area (Å²) in [4.78, 5) is 13.2. The van der Waals surface area contributed by atoms with Crippen molar-refractivity contribution < 1.29 is 0 Å². The van der Waals surface area contributed by atoms with Crippen LogP contribution in [0.3, 0.4) is 0 Å². The maximum atomic E-state index is 4.66. The van der Waals surface area contributed by atoms with E-state index in [1.54, 1.807) is 12.4 Å². The molecule has 2 atom stereocenters. The van der Waals surface area contributed by atoms with E-state index in [1.165, 1.54) is 5.56 Å². The molecule has 0 aliphatic heterocycles. The Bertz CT molecular complexity index is 802. The zero-order chi connectivity index (χ0) is 15.6. The summed E-state index contributed by atoms with van der Waals surface area (Å²) in [5, 5.41) is 3.55. The Morgan fingerprint density at radius 1 is 1.00 bits per heavy atom. The molecule has 0 bridgehead atoms. The van der Waals surface area contributed by atoms with E-state index >= 15 is 0 Å². The van der Waals surface area contributed by atoms with E-state index in [2.05, 4.69) is 50.6 Å². The van der Waals surface area contributed by atoms with Crippen molar-refractivity contribution in [2.75, 3.05) is 5.32 Å². The quantitative estimate of drug-likeness (QED) is 0.796. The van der Waals surface area contributed by atoms with Crippen LogP contribution in [0.15, 0.2) is 60.9 Å². The van der Waals surface area contributed by atoms with Gasteiger partial charge in [-0.05, 0) is 31.0 Å². The Labute approximate surface area is 135 Å². The van der Waals surface area contributed by atoms with Crippen LogP contribution in [-0.2, 0) is 0 Å². The van der Waals surface area contributed by atoms with E-state index in [4.69, 9.17) is 0 Å². The Balaban J connectivity index is 1.53. The zero-order valence-corrected chi connectivity index (χ0v) is 13.0. The third-order valence-corrected chi connectivity index (χ3v) is 4.14. The van der Waals surface area contributed by atoms with E-state index in [9.17, 15) is 0 Å². The lowest BCUT2D eigenvalue weighted by atomic mass is 10.1. The first-order valence-corrected chi connectivity index (χ1v) is 7.87. The van der Waals surface area contributed by atoms with Crippen molar-refractivity contribution in [2.24, 2.45) is 0 Å². The van der Waals surface area contributed by atoms with Crippen molar-refractivity contribution in [1.29, 1.82) is 0 Å². The van der Waals surface area contributed by atoms with Crippen molar-refractivity contribution in [3.05, 3.63) is 72.2 Å². The largest absolute Gasteiger partial charge is 0.367 e. The van der Waals surface area contributed by atoms with Gasteiger partial charge in [0.1, 0.15) is 5.82 Å². The molecule has 1 fully saturated rings. The Morgan fingerprint density at radius 3 is 2.57 bits per heavy atom. The fourth-order valence-electron chi connectivity index (χ4n) is 2.89. The van der Waals surface area contributed by atoms with E-state index in [0.29, 0.717) is 12.0 Å². The zero-order valence-electron chi connectivity index (χ0n) is 13.0. The lowest BCUT2D eigenvalue weighted by Gasteiger charge is -2.08. The molecule has 4 nitrogen and oxygen atoms in total. The monoisotopic (exact) mass is 302 g/mol. The molecule has 2 heterocycles. The molecule has 0 saturated heterocycles. The number of rotatable bonds is 4. The fourth-order valence-corrected chi connectivity index (χ4v) is 2.89. The van der Waals surface area contributed by atoms with Gasteiger partial charge in [0.15, 0.2) is 5.82 Å². The molecule has 1 aliphatic carbocycles.